The summed E-state index contributed by atoms with van der Waals surface area (Å²) in [5.74, 6) is 0.720. The molecule has 148 valence electrons. The summed E-state index contributed by atoms with van der Waals surface area (Å²) in [6.07, 6.45) is 3.61. The van der Waals surface area contributed by atoms with Crippen LogP contribution >= 0.6 is 24.0 Å². The van der Waals surface area contributed by atoms with Crippen LogP contribution < -0.4 is 15.4 Å². The SMILES string of the molecule is CCN1CCCC1CNC(=NC)NCc1ccccc1NS(C)(=O)=O.I. The second kappa shape index (κ2) is 10.9. The average molecular weight is 495 g/mol. The van der Waals surface area contributed by atoms with Crippen LogP contribution in [-0.4, -0.2) is 58.3 Å². The molecule has 1 aromatic carbocycles. The number of likely N-dealkylation sites (tertiary alicyclic amines) is 1. The molecule has 0 amide bonds. The number of sulfonamides is 1. The number of halogens is 1. The van der Waals surface area contributed by atoms with E-state index in [2.05, 4.69) is 32.2 Å². The minimum atomic E-state index is -3.30. The monoisotopic (exact) mass is 495 g/mol. The second-order valence-electron chi connectivity index (χ2n) is 6.26. The number of benzene rings is 1. The van der Waals surface area contributed by atoms with Crippen molar-refractivity contribution < 1.29 is 8.42 Å². The Bertz CT molecular complexity index is 696. The molecule has 0 bridgehead atoms. The van der Waals surface area contributed by atoms with E-state index in [9.17, 15) is 8.42 Å². The Kier molecular flexibility index (Phi) is 9.66. The number of hydrogen-bond donors (Lipinski definition) is 3. The summed E-state index contributed by atoms with van der Waals surface area (Å²) in [4.78, 5) is 6.73. The molecule has 1 unspecified atom stereocenters. The second-order valence-corrected chi connectivity index (χ2v) is 8.01. The Balaban J connectivity index is 0.00000338. The highest BCUT2D eigenvalue weighted by Gasteiger charge is 2.22. The zero-order valence-corrected chi connectivity index (χ0v) is 18.8. The molecule has 1 aromatic rings. The summed E-state index contributed by atoms with van der Waals surface area (Å²) in [7, 11) is -1.57. The van der Waals surface area contributed by atoms with Crippen LogP contribution in [0.25, 0.3) is 0 Å². The molecular formula is C17H30IN5O2S. The lowest BCUT2D eigenvalue weighted by atomic mass is 10.2. The quantitative estimate of drug-likeness (QED) is 0.305. The van der Waals surface area contributed by atoms with Gasteiger partial charge >= 0.3 is 0 Å². The van der Waals surface area contributed by atoms with Crippen LogP contribution in [0.15, 0.2) is 29.3 Å². The molecule has 1 fully saturated rings. The third-order valence-corrected chi connectivity index (χ3v) is 4.98. The van der Waals surface area contributed by atoms with Crippen molar-refractivity contribution in [1.29, 1.82) is 0 Å². The maximum atomic E-state index is 11.5. The number of guanidine groups is 1. The van der Waals surface area contributed by atoms with Gasteiger partial charge in [-0.05, 0) is 37.6 Å². The summed E-state index contributed by atoms with van der Waals surface area (Å²) in [6.45, 7) is 5.77. The van der Waals surface area contributed by atoms with Gasteiger partial charge in [0.05, 0.1) is 11.9 Å². The molecule has 1 heterocycles. The summed E-state index contributed by atoms with van der Waals surface area (Å²) in [5, 5.41) is 6.63. The largest absolute Gasteiger partial charge is 0.355 e. The molecule has 0 aliphatic carbocycles. The van der Waals surface area contributed by atoms with Gasteiger partial charge in [0, 0.05) is 26.2 Å². The number of nitrogens with zero attached hydrogens (tertiary/aromatic N) is 2. The molecule has 7 nitrogen and oxygen atoms in total. The standard InChI is InChI=1S/C17H29N5O2S.HI/c1-4-22-11-7-9-15(22)13-20-17(18-2)19-12-14-8-5-6-10-16(14)21-25(3,23)24;/h5-6,8,10,15,21H,4,7,9,11-13H2,1-3H3,(H2,18,19,20);1H. The van der Waals surface area contributed by atoms with Crippen LogP contribution in [-0.2, 0) is 16.6 Å². The Hall–Kier alpha value is -1.07. The molecule has 1 saturated heterocycles. The first-order chi connectivity index (χ1) is 11.9. The maximum Gasteiger partial charge on any atom is 0.229 e. The summed E-state index contributed by atoms with van der Waals surface area (Å²) in [5.41, 5.74) is 1.45. The van der Waals surface area contributed by atoms with Crippen molar-refractivity contribution in [1.82, 2.24) is 15.5 Å². The maximum absolute atomic E-state index is 11.5. The van der Waals surface area contributed by atoms with Crippen LogP contribution in [0.4, 0.5) is 5.69 Å². The van der Waals surface area contributed by atoms with Crippen LogP contribution in [0.3, 0.4) is 0 Å². The van der Waals surface area contributed by atoms with Gasteiger partial charge in [-0.25, -0.2) is 8.42 Å². The zero-order chi connectivity index (χ0) is 18.3. The molecule has 1 aliphatic heterocycles. The Morgan fingerprint density at radius 2 is 2.04 bits per heavy atom. The van der Waals surface area contributed by atoms with Crippen molar-refractivity contribution >= 4 is 45.6 Å². The third kappa shape index (κ3) is 7.28. The highest BCUT2D eigenvalue weighted by Crippen LogP contribution is 2.16. The van der Waals surface area contributed by atoms with Crippen molar-refractivity contribution in [3.05, 3.63) is 29.8 Å². The Labute approximate surface area is 174 Å². The number of anilines is 1. The number of aliphatic imine (C=N–C) groups is 1. The van der Waals surface area contributed by atoms with E-state index in [-0.39, 0.29) is 24.0 Å². The molecule has 1 atom stereocenters. The molecule has 1 aliphatic rings. The number of likely N-dealkylation sites (N-methyl/N-ethyl adjacent to an activating group) is 1. The van der Waals surface area contributed by atoms with Crippen molar-refractivity contribution in [3.63, 3.8) is 0 Å². The zero-order valence-electron chi connectivity index (χ0n) is 15.7. The third-order valence-electron chi connectivity index (χ3n) is 4.39. The predicted molar refractivity (Wildman–Crippen MR) is 119 cm³/mol. The molecule has 2 rings (SSSR count). The van der Waals surface area contributed by atoms with E-state index in [0.717, 1.165) is 30.9 Å². The van der Waals surface area contributed by atoms with Gasteiger partial charge in [-0.1, -0.05) is 25.1 Å². The van der Waals surface area contributed by atoms with Gasteiger partial charge in [-0.15, -0.1) is 24.0 Å². The molecule has 26 heavy (non-hydrogen) atoms. The van der Waals surface area contributed by atoms with Gasteiger partial charge in [0.2, 0.25) is 10.0 Å². The van der Waals surface area contributed by atoms with Crippen molar-refractivity contribution in [3.8, 4) is 0 Å². The summed E-state index contributed by atoms with van der Waals surface area (Å²) < 4.78 is 25.5. The van der Waals surface area contributed by atoms with E-state index in [1.54, 1.807) is 13.1 Å². The Morgan fingerprint density at radius 3 is 2.69 bits per heavy atom. The molecule has 9 heteroatoms. The number of rotatable bonds is 7. The topological polar surface area (TPSA) is 85.8 Å². The molecule has 0 spiro atoms. The van der Waals surface area contributed by atoms with Crippen LogP contribution in [0.1, 0.15) is 25.3 Å². The van der Waals surface area contributed by atoms with Crippen molar-refractivity contribution in [2.24, 2.45) is 4.99 Å². The lowest BCUT2D eigenvalue weighted by Crippen LogP contribution is -2.44. The van der Waals surface area contributed by atoms with Gasteiger partial charge in [-0.3, -0.25) is 14.6 Å². The Morgan fingerprint density at radius 1 is 1.31 bits per heavy atom. The summed E-state index contributed by atoms with van der Waals surface area (Å²) in [6, 6.07) is 7.89. The smallest absolute Gasteiger partial charge is 0.229 e. The minimum absolute atomic E-state index is 0. The molecule has 0 radical (unpaired) electrons. The highest BCUT2D eigenvalue weighted by molar-refractivity contribution is 14.0. The van der Waals surface area contributed by atoms with Gasteiger partial charge < -0.3 is 10.6 Å². The van der Waals surface area contributed by atoms with Gasteiger partial charge in [0.25, 0.3) is 0 Å². The van der Waals surface area contributed by atoms with Crippen LogP contribution in [0.2, 0.25) is 0 Å². The average Bonchev–Trinajstić information content (AvgIpc) is 3.02. The lowest BCUT2D eigenvalue weighted by Gasteiger charge is -2.24. The lowest BCUT2D eigenvalue weighted by molar-refractivity contribution is 0.267. The predicted octanol–water partition coefficient (Wildman–Crippen LogP) is 1.83. The molecule has 0 aromatic heterocycles. The number of para-hydroxylation sites is 1. The van der Waals surface area contributed by atoms with E-state index >= 15 is 0 Å². The van der Waals surface area contributed by atoms with Crippen molar-refractivity contribution in [2.45, 2.75) is 32.4 Å². The number of hydrogen-bond acceptors (Lipinski definition) is 4. The highest BCUT2D eigenvalue weighted by atomic mass is 127. The first-order valence-electron chi connectivity index (χ1n) is 8.67. The fourth-order valence-corrected chi connectivity index (χ4v) is 3.73. The first-order valence-corrected chi connectivity index (χ1v) is 10.6. The normalized spacial score (nSPS) is 18.3. The van der Waals surface area contributed by atoms with E-state index < -0.39 is 10.0 Å². The van der Waals surface area contributed by atoms with E-state index in [0.29, 0.717) is 18.3 Å². The molecular weight excluding hydrogens is 465 g/mol. The van der Waals surface area contributed by atoms with Crippen molar-refractivity contribution in [2.75, 3.05) is 37.7 Å². The van der Waals surface area contributed by atoms with E-state index in [1.807, 2.05) is 18.2 Å². The fourth-order valence-electron chi connectivity index (χ4n) is 3.13. The van der Waals surface area contributed by atoms with Gasteiger partial charge in [-0.2, -0.15) is 0 Å². The van der Waals surface area contributed by atoms with E-state index in [4.69, 9.17) is 0 Å². The molecule has 0 saturated carbocycles. The summed E-state index contributed by atoms with van der Waals surface area (Å²) >= 11 is 0. The van der Waals surface area contributed by atoms with E-state index in [1.165, 1.54) is 19.4 Å². The van der Waals surface area contributed by atoms with Gasteiger partial charge in [0.1, 0.15) is 0 Å². The molecule has 3 N–H and O–H groups in total. The number of nitrogens with one attached hydrogen (secondary N) is 3. The van der Waals surface area contributed by atoms with Gasteiger partial charge in [0.15, 0.2) is 5.96 Å². The minimum Gasteiger partial charge on any atom is -0.355 e. The van der Waals surface area contributed by atoms with Crippen LogP contribution in [0.5, 0.6) is 0 Å². The fraction of sp³-hybridized carbons (Fsp3) is 0.588. The first kappa shape index (κ1) is 23.0. The van der Waals surface area contributed by atoms with Crippen LogP contribution in [0, 0.1) is 0 Å².